The summed E-state index contributed by atoms with van der Waals surface area (Å²) in [5, 5.41) is 9.74. The lowest BCUT2D eigenvalue weighted by Crippen LogP contribution is -2.47. The van der Waals surface area contributed by atoms with Gasteiger partial charge in [-0.3, -0.25) is 4.79 Å². The highest BCUT2D eigenvalue weighted by molar-refractivity contribution is 5.92. The Hall–Kier alpha value is -1.61. The van der Waals surface area contributed by atoms with Gasteiger partial charge in [-0.1, -0.05) is 30.3 Å². The molecule has 0 spiro atoms. The number of hydrogen-bond donors (Lipinski definition) is 1. The predicted octanol–water partition coefficient (Wildman–Crippen LogP) is 2.21. The van der Waals surface area contributed by atoms with Crippen LogP contribution in [0.2, 0.25) is 0 Å². The highest BCUT2D eigenvalue weighted by atomic mass is 16.3. The van der Waals surface area contributed by atoms with Crippen LogP contribution < -0.4 is 0 Å². The second-order valence-corrected chi connectivity index (χ2v) is 5.50. The van der Waals surface area contributed by atoms with Crippen molar-refractivity contribution in [3.05, 3.63) is 42.0 Å². The summed E-state index contributed by atoms with van der Waals surface area (Å²) < 4.78 is 0. The fraction of sp³-hybridized carbons (Fsp3) is 0.438. The Morgan fingerprint density at radius 1 is 1.16 bits per heavy atom. The van der Waals surface area contributed by atoms with E-state index < -0.39 is 0 Å². The Morgan fingerprint density at radius 2 is 1.79 bits per heavy atom. The van der Waals surface area contributed by atoms with Crippen molar-refractivity contribution in [2.24, 2.45) is 0 Å². The van der Waals surface area contributed by atoms with Crippen molar-refractivity contribution in [1.29, 1.82) is 0 Å². The van der Waals surface area contributed by atoms with Crippen molar-refractivity contribution in [2.45, 2.75) is 43.9 Å². The van der Waals surface area contributed by atoms with Crippen LogP contribution in [0, 0.1) is 0 Å². The van der Waals surface area contributed by atoms with Crippen LogP contribution in [0.5, 0.6) is 0 Å². The van der Waals surface area contributed by atoms with Crippen LogP contribution in [0.1, 0.15) is 31.2 Å². The van der Waals surface area contributed by atoms with E-state index in [2.05, 4.69) is 0 Å². The minimum atomic E-state index is -0.223. The average Bonchev–Trinajstić information content (AvgIpc) is 2.70. The van der Waals surface area contributed by atoms with E-state index in [1.165, 1.54) is 0 Å². The Balaban J connectivity index is 1.70. The molecule has 0 aromatic heterocycles. The molecule has 1 amide bonds. The van der Waals surface area contributed by atoms with Gasteiger partial charge in [0.1, 0.15) is 0 Å². The number of piperidine rings is 1. The van der Waals surface area contributed by atoms with Gasteiger partial charge in [0.15, 0.2) is 0 Å². The van der Waals surface area contributed by atoms with Gasteiger partial charge in [-0.05, 0) is 37.3 Å². The molecule has 3 heteroatoms. The third kappa shape index (κ3) is 2.56. The first kappa shape index (κ1) is 12.4. The molecule has 1 aromatic carbocycles. The maximum Gasteiger partial charge on any atom is 0.247 e. The molecule has 2 heterocycles. The molecular formula is C16H19NO2. The van der Waals surface area contributed by atoms with Gasteiger partial charge in [0.25, 0.3) is 0 Å². The van der Waals surface area contributed by atoms with E-state index in [1.54, 1.807) is 6.08 Å². The van der Waals surface area contributed by atoms with Crippen LogP contribution in [0.25, 0.3) is 6.08 Å². The zero-order valence-corrected chi connectivity index (χ0v) is 10.9. The van der Waals surface area contributed by atoms with Crippen molar-refractivity contribution in [3.63, 3.8) is 0 Å². The molecule has 0 saturated carbocycles. The average molecular weight is 257 g/mol. The van der Waals surface area contributed by atoms with Gasteiger partial charge in [-0.25, -0.2) is 0 Å². The zero-order valence-electron chi connectivity index (χ0n) is 10.9. The number of nitrogens with zero attached hydrogens (tertiary/aromatic N) is 1. The number of carbonyl (C=O) groups is 1. The monoisotopic (exact) mass is 257 g/mol. The standard InChI is InChI=1S/C16H19NO2/c18-15-10-13-7-8-14(11-15)17(13)16(19)9-6-12-4-2-1-3-5-12/h1-6,9,13-15,18H,7-8,10-11H2. The fourth-order valence-corrected chi connectivity index (χ4v) is 3.33. The number of aliphatic hydroxyl groups excluding tert-OH is 1. The molecule has 2 aliphatic heterocycles. The minimum absolute atomic E-state index is 0.0863. The summed E-state index contributed by atoms with van der Waals surface area (Å²) in [5.74, 6) is 0.0863. The molecule has 3 rings (SSSR count). The number of amides is 1. The SMILES string of the molecule is O=C(C=Cc1ccccc1)N1C2CCC1CC(O)C2. The number of rotatable bonds is 2. The molecule has 0 aliphatic carbocycles. The lowest BCUT2D eigenvalue weighted by molar-refractivity contribution is -0.131. The molecule has 2 bridgehead atoms. The maximum atomic E-state index is 12.3. The van der Waals surface area contributed by atoms with E-state index in [4.69, 9.17) is 0 Å². The van der Waals surface area contributed by atoms with Gasteiger partial charge >= 0.3 is 0 Å². The summed E-state index contributed by atoms with van der Waals surface area (Å²) in [6, 6.07) is 10.3. The van der Waals surface area contributed by atoms with Crippen LogP contribution in [0.15, 0.2) is 36.4 Å². The largest absolute Gasteiger partial charge is 0.393 e. The van der Waals surface area contributed by atoms with Crippen molar-refractivity contribution in [3.8, 4) is 0 Å². The van der Waals surface area contributed by atoms with Crippen molar-refractivity contribution >= 4 is 12.0 Å². The normalized spacial score (nSPS) is 29.9. The molecule has 2 unspecified atom stereocenters. The lowest BCUT2D eigenvalue weighted by Gasteiger charge is -2.36. The smallest absolute Gasteiger partial charge is 0.247 e. The topological polar surface area (TPSA) is 40.5 Å². The van der Waals surface area contributed by atoms with E-state index in [1.807, 2.05) is 41.3 Å². The zero-order chi connectivity index (χ0) is 13.2. The Labute approximate surface area is 113 Å². The van der Waals surface area contributed by atoms with Gasteiger partial charge in [-0.15, -0.1) is 0 Å². The van der Waals surface area contributed by atoms with Crippen LogP contribution in [-0.4, -0.2) is 34.1 Å². The maximum absolute atomic E-state index is 12.3. The first-order valence-corrected chi connectivity index (χ1v) is 6.97. The molecule has 1 aromatic rings. The van der Waals surface area contributed by atoms with Crippen molar-refractivity contribution < 1.29 is 9.90 Å². The van der Waals surface area contributed by atoms with E-state index in [0.717, 1.165) is 31.2 Å². The molecule has 2 aliphatic rings. The summed E-state index contributed by atoms with van der Waals surface area (Å²) in [5.41, 5.74) is 1.04. The molecule has 2 saturated heterocycles. The second kappa shape index (κ2) is 5.17. The quantitative estimate of drug-likeness (QED) is 0.825. The Bertz CT molecular complexity index is 469. The third-order valence-electron chi connectivity index (χ3n) is 4.18. The summed E-state index contributed by atoms with van der Waals surface area (Å²) >= 11 is 0. The molecule has 0 radical (unpaired) electrons. The van der Waals surface area contributed by atoms with Gasteiger partial charge in [0.2, 0.25) is 5.91 Å². The van der Waals surface area contributed by atoms with Crippen LogP contribution in [0.4, 0.5) is 0 Å². The molecule has 1 N–H and O–H groups in total. The molecule has 100 valence electrons. The highest BCUT2D eigenvalue weighted by Crippen LogP contribution is 2.35. The molecule has 2 atom stereocenters. The summed E-state index contributed by atoms with van der Waals surface area (Å²) in [6.07, 6.45) is 6.85. The van der Waals surface area contributed by atoms with Gasteiger partial charge < -0.3 is 10.0 Å². The van der Waals surface area contributed by atoms with E-state index in [0.29, 0.717) is 0 Å². The van der Waals surface area contributed by atoms with Gasteiger partial charge in [0.05, 0.1) is 6.10 Å². The predicted molar refractivity (Wildman–Crippen MR) is 74.4 cm³/mol. The van der Waals surface area contributed by atoms with Gasteiger partial charge in [0, 0.05) is 18.2 Å². The molecule has 3 nitrogen and oxygen atoms in total. The molecule has 2 fully saturated rings. The number of fused-ring (bicyclic) bond motifs is 2. The highest BCUT2D eigenvalue weighted by Gasteiger charge is 2.41. The minimum Gasteiger partial charge on any atom is -0.393 e. The number of aliphatic hydroxyl groups is 1. The number of benzene rings is 1. The summed E-state index contributed by atoms with van der Waals surface area (Å²) in [6.45, 7) is 0. The summed E-state index contributed by atoms with van der Waals surface area (Å²) in [7, 11) is 0. The van der Waals surface area contributed by atoms with E-state index in [9.17, 15) is 9.90 Å². The summed E-state index contributed by atoms with van der Waals surface area (Å²) in [4.78, 5) is 14.3. The molecule has 19 heavy (non-hydrogen) atoms. The first-order valence-electron chi connectivity index (χ1n) is 6.97. The third-order valence-corrected chi connectivity index (χ3v) is 4.18. The Kier molecular flexibility index (Phi) is 3.38. The first-order chi connectivity index (χ1) is 9.24. The van der Waals surface area contributed by atoms with Crippen molar-refractivity contribution in [1.82, 2.24) is 4.90 Å². The lowest BCUT2D eigenvalue weighted by atomic mass is 10.00. The molecular weight excluding hydrogens is 238 g/mol. The van der Waals surface area contributed by atoms with Crippen molar-refractivity contribution in [2.75, 3.05) is 0 Å². The fourth-order valence-electron chi connectivity index (χ4n) is 3.33. The number of hydrogen-bond acceptors (Lipinski definition) is 2. The van der Waals surface area contributed by atoms with Crippen LogP contribution in [-0.2, 0) is 4.79 Å². The van der Waals surface area contributed by atoms with Gasteiger partial charge in [-0.2, -0.15) is 0 Å². The van der Waals surface area contributed by atoms with Crippen LogP contribution >= 0.6 is 0 Å². The Morgan fingerprint density at radius 3 is 2.42 bits per heavy atom. The second-order valence-electron chi connectivity index (χ2n) is 5.50. The van der Waals surface area contributed by atoms with E-state index in [-0.39, 0.29) is 24.1 Å². The van der Waals surface area contributed by atoms with E-state index >= 15 is 0 Å². The number of carbonyl (C=O) groups excluding carboxylic acids is 1. The van der Waals surface area contributed by atoms with Crippen LogP contribution in [0.3, 0.4) is 0 Å².